The second-order valence-electron chi connectivity index (χ2n) is 5.78. The van der Waals surface area contributed by atoms with Gasteiger partial charge in [-0.1, -0.05) is 41.6 Å². The van der Waals surface area contributed by atoms with E-state index in [1.807, 2.05) is 35.2 Å². The highest BCUT2D eigenvalue weighted by atomic mass is 127. The Morgan fingerprint density at radius 3 is 2.23 bits per heavy atom. The Kier molecular flexibility index (Phi) is 5.30. The molecule has 0 radical (unpaired) electrons. The molecule has 26 heavy (non-hydrogen) atoms. The zero-order valence-electron chi connectivity index (χ0n) is 13.6. The van der Waals surface area contributed by atoms with E-state index >= 15 is 0 Å². The highest BCUT2D eigenvalue weighted by Crippen LogP contribution is 2.24. The van der Waals surface area contributed by atoms with Gasteiger partial charge in [-0.3, -0.25) is 4.99 Å². The van der Waals surface area contributed by atoms with Crippen molar-refractivity contribution in [3.05, 3.63) is 91.1 Å². The number of hydrogen-bond donors (Lipinski definition) is 0. The summed E-state index contributed by atoms with van der Waals surface area (Å²) in [5.74, 6) is 0. The molecule has 0 aliphatic heterocycles. The number of fused-ring (bicyclic) bond motifs is 1. The molecule has 0 saturated carbocycles. The Balaban J connectivity index is 1.79. The van der Waals surface area contributed by atoms with Crippen LogP contribution < -0.4 is 0 Å². The number of aromatic nitrogens is 3. The van der Waals surface area contributed by atoms with E-state index in [9.17, 15) is 0 Å². The molecule has 4 aromatic rings. The van der Waals surface area contributed by atoms with Crippen molar-refractivity contribution in [1.29, 1.82) is 0 Å². The van der Waals surface area contributed by atoms with Crippen LogP contribution in [0.2, 0.25) is 0 Å². The molecular formula is C20H14I2N4. The summed E-state index contributed by atoms with van der Waals surface area (Å²) in [5, 5.41) is 8.66. The molecule has 0 amide bonds. The van der Waals surface area contributed by atoms with Crippen molar-refractivity contribution in [1.82, 2.24) is 15.0 Å². The van der Waals surface area contributed by atoms with Crippen LogP contribution in [-0.4, -0.2) is 21.2 Å². The molecule has 128 valence electrons. The first kappa shape index (κ1) is 17.6. The van der Waals surface area contributed by atoms with E-state index < -0.39 is 0 Å². The van der Waals surface area contributed by atoms with E-state index in [1.54, 1.807) is 0 Å². The lowest BCUT2D eigenvalue weighted by Gasteiger charge is -2.14. The first-order chi connectivity index (χ1) is 12.7. The predicted molar refractivity (Wildman–Crippen MR) is 122 cm³/mol. The predicted octanol–water partition coefficient (Wildman–Crippen LogP) is 5.31. The summed E-state index contributed by atoms with van der Waals surface area (Å²) in [4.78, 5) is 4.85. The molecule has 0 fully saturated rings. The number of nitrogens with zero attached hydrogens (tertiary/aromatic N) is 4. The van der Waals surface area contributed by atoms with Crippen LogP contribution in [0.3, 0.4) is 0 Å². The summed E-state index contributed by atoms with van der Waals surface area (Å²) in [6.07, 6.45) is 1.63. The van der Waals surface area contributed by atoms with Crippen molar-refractivity contribution in [3.8, 4) is 0 Å². The van der Waals surface area contributed by atoms with Gasteiger partial charge in [-0.05, 0) is 92.7 Å². The lowest BCUT2D eigenvalue weighted by Crippen LogP contribution is -2.11. The Labute approximate surface area is 178 Å². The Bertz CT molecular complexity index is 1050. The van der Waals surface area contributed by atoms with Gasteiger partial charge in [-0.25, -0.2) is 4.68 Å². The average molecular weight is 564 g/mol. The Morgan fingerprint density at radius 1 is 0.846 bits per heavy atom. The summed E-state index contributed by atoms with van der Waals surface area (Å²) in [5.41, 5.74) is 3.97. The zero-order chi connectivity index (χ0) is 17.9. The fourth-order valence-electron chi connectivity index (χ4n) is 2.70. The molecule has 4 rings (SSSR count). The van der Waals surface area contributed by atoms with Crippen LogP contribution in [0.5, 0.6) is 0 Å². The quantitative estimate of drug-likeness (QED) is 0.250. The summed E-state index contributed by atoms with van der Waals surface area (Å²) in [7, 11) is 0. The maximum atomic E-state index is 4.85. The summed E-state index contributed by atoms with van der Waals surface area (Å²) in [6, 6.07) is 24.6. The molecule has 0 spiro atoms. The van der Waals surface area contributed by atoms with Crippen molar-refractivity contribution < 1.29 is 0 Å². The highest BCUT2D eigenvalue weighted by Gasteiger charge is 2.16. The van der Waals surface area contributed by atoms with Crippen molar-refractivity contribution in [2.24, 2.45) is 4.99 Å². The standard InChI is InChI=1S/C20H14I2N4/c21-16-9-5-14(6-10-16)13-23-20(15-7-11-17(22)12-8-15)26-19-4-2-1-3-18(19)24-25-26/h1-13,20H/t20-/m0/s1. The molecule has 1 heterocycles. The largest absolute Gasteiger partial charge is 0.261 e. The molecule has 1 atom stereocenters. The number of hydrogen-bond acceptors (Lipinski definition) is 3. The maximum absolute atomic E-state index is 4.85. The third-order valence-electron chi connectivity index (χ3n) is 4.01. The minimum Gasteiger partial charge on any atom is -0.261 e. The monoisotopic (exact) mass is 564 g/mol. The van der Waals surface area contributed by atoms with E-state index in [-0.39, 0.29) is 6.17 Å². The normalized spacial score (nSPS) is 12.7. The second-order valence-corrected chi connectivity index (χ2v) is 8.27. The van der Waals surface area contributed by atoms with Crippen LogP contribution in [0.4, 0.5) is 0 Å². The lowest BCUT2D eigenvalue weighted by molar-refractivity contribution is 0.543. The molecular weight excluding hydrogens is 550 g/mol. The van der Waals surface area contributed by atoms with Gasteiger partial charge in [-0.2, -0.15) is 0 Å². The second kappa shape index (κ2) is 7.83. The molecule has 0 bridgehead atoms. The van der Waals surface area contributed by atoms with E-state index in [0.29, 0.717) is 0 Å². The molecule has 0 saturated heterocycles. The lowest BCUT2D eigenvalue weighted by atomic mass is 10.1. The first-order valence-corrected chi connectivity index (χ1v) is 10.2. The molecule has 0 aliphatic rings. The Morgan fingerprint density at radius 2 is 1.50 bits per heavy atom. The van der Waals surface area contributed by atoms with E-state index in [2.05, 4.69) is 104 Å². The summed E-state index contributed by atoms with van der Waals surface area (Å²) >= 11 is 4.61. The number of para-hydroxylation sites is 1. The highest BCUT2D eigenvalue weighted by molar-refractivity contribution is 14.1. The third kappa shape index (κ3) is 3.80. The van der Waals surface area contributed by atoms with Crippen LogP contribution >= 0.6 is 45.2 Å². The van der Waals surface area contributed by atoms with Crippen LogP contribution in [0.1, 0.15) is 17.3 Å². The van der Waals surface area contributed by atoms with Crippen LogP contribution in [0, 0.1) is 7.14 Å². The van der Waals surface area contributed by atoms with Gasteiger partial charge in [0.05, 0.1) is 5.52 Å². The van der Waals surface area contributed by atoms with Crippen molar-refractivity contribution in [2.75, 3.05) is 0 Å². The van der Waals surface area contributed by atoms with E-state index in [4.69, 9.17) is 4.99 Å². The molecule has 0 aliphatic carbocycles. The third-order valence-corrected chi connectivity index (χ3v) is 5.45. The van der Waals surface area contributed by atoms with Crippen LogP contribution in [0.15, 0.2) is 77.8 Å². The molecule has 3 aromatic carbocycles. The van der Waals surface area contributed by atoms with E-state index in [1.165, 1.54) is 7.14 Å². The number of aliphatic imine (C=N–C) groups is 1. The van der Waals surface area contributed by atoms with Gasteiger partial charge < -0.3 is 0 Å². The summed E-state index contributed by atoms with van der Waals surface area (Å²) in [6.45, 7) is 0. The minimum absolute atomic E-state index is 0.265. The minimum atomic E-state index is -0.265. The number of halogens is 2. The topological polar surface area (TPSA) is 43.1 Å². The van der Waals surface area contributed by atoms with Gasteiger partial charge >= 0.3 is 0 Å². The van der Waals surface area contributed by atoms with Crippen molar-refractivity contribution in [3.63, 3.8) is 0 Å². The van der Waals surface area contributed by atoms with Crippen molar-refractivity contribution >= 4 is 62.4 Å². The van der Waals surface area contributed by atoms with Gasteiger partial charge in [-0.15, -0.1) is 5.10 Å². The van der Waals surface area contributed by atoms with Gasteiger partial charge in [0.15, 0.2) is 6.17 Å². The van der Waals surface area contributed by atoms with Gasteiger partial charge in [0.2, 0.25) is 0 Å². The molecule has 1 aromatic heterocycles. The Hall–Kier alpha value is -1.81. The first-order valence-electron chi connectivity index (χ1n) is 8.05. The molecule has 0 unspecified atom stereocenters. The number of benzene rings is 3. The molecule has 0 N–H and O–H groups in total. The SMILES string of the molecule is Ic1ccc(C=N[C@H](c2ccc(I)cc2)n2nnc3ccccc32)cc1. The van der Waals surface area contributed by atoms with Gasteiger partial charge in [0.25, 0.3) is 0 Å². The number of rotatable bonds is 4. The zero-order valence-corrected chi connectivity index (χ0v) is 17.9. The summed E-state index contributed by atoms with van der Waals surface area (Å²) < 4.78 is 4.27. The average Bonchev–Trinajstić information content (AvgIpc) is 3.09. The molecule has 6 heteroatoms. The fourth-order valence-corrected chi connectivity index (χ4v) is 3.42. The van der Waals surface area contributed by atoms with Gasteiger partial charge in [0.1, 0.15) is 5.52 Å². The van der Waals surface area contributed by atoms with Gasteiger partial charge in [0, 0.05) is 13.4 Å². The molecule has 4 nitrogen and oxygen atoms in total. The fraction of sp³-hybridized carbons (Fsp3) is 0.0500. The smallest absolute Gasteiger partial charge is 0.169 e. The van der Waals surface area contributed by atoms with Crippen LogP contribution in [-0.2, 0) is 0 Å². The van der Waals surface area contributed by atoms with Crippen molar-refractivity contribution in [2.45, 2.75) is 6.17 Å². The van der Waals surface area contributed by atoms with E-state index in [0.717, 1.165) is 22.2 Å². The maximum Gasteiger partial charge on any atom is 0.169 e. The van der Waals surface area contributed by atoms with Crippen LogP contribution in [0.25, 0.3) is 11.0 Å².